The monoisotopic (exact) mass is 1590 g/mol. The molecule has 0 radical (unpaired) electrons. The summed E-state index contributed by atoms with van der Waals surface area (Å²) in [7, 11) is 6.35. The molecule has 8 aliphatic heterocycles. The van der Waals surface area contributed by atoms with Crippen molar-refractivity contribution in [3.63, 3.8) is 0 Å². The molecule has 5 amide bonds. The number of amides is 5. The summed E-state index contributed by atoms with van der Waals surface area (Å²) in [5.41, 5.74) is 12.2. The smallest absolute Gasteiger partial charge is 0.410 e. The van der Waals surface area contributed by atoms with Crippen molar-refractivity contribution in [3.05, 3.63) is 251 Å². The highest BCUT2D eigenvalue weighted by Crippen LogP contribution is 2.47. The van der Waals surface area contributed by atoms with Crippen molar-refractivity contribution in [3.8, 4) is 22.3 Å². The minimum Gasteiger partial charge on any atom is -0.448 e. The van der Waals surface area contributed by atoms with E-state index in [0.717, 1.165) is 27.8 Å². The third kappa shape index (κ3) is 20.9. The molecule has 7 aromatic rings. The number of Topliss-reactive ketones (excluding diaryl/α,β-unsaturated/α-hetero) is 1. The number of methoxy groups -OCH3 is 4. The molecule has 0 aromatic heterocycles. The number of aliphatic hydroxyl groups is 2. The van der Waals surface area contributed by atoms with Crippen molar-refractivity contribution < 1.29 is 110 Å². The van der Waals surface area contributed by atoms with Gasteiger partial charge < -0.3 is 97.2 Å². The molecular formula is C88H99N5O23. The van der Waals surface area contributed by atoms with Gasteiger partial charge in [0.1, 0.15) is 125 Å². The summed E-state index contributed by atoms with van der Waals surface area (Å²) in [6, 6.07) is 60.3. The van der Waals surface area contributed by atoms with Gasteiger partial charge in [-0.05, 0) is 61.2 Å². The van der Waals surface area contributed by atoms with Crippen LogP contribution in [0.3, 0.4) is 0 Å². The first kappa shape index (κ1) is 83.5. The topological polar surface area (TPSA) is 327 Å². The lowest BCUT2D eigenvalue weighted by Gasteiger charge is -2.25. The Morgan fingerprint density at radius 2 is 0.888 bits per heavy atom. The summed E-state index contributed by atoms with van der Waals surface area (Å²) < 4.78 is 81.0. The van der Waals surface area contributed by atoms with Crippen LogP contribution < -0.4 is 16.0 Å². The van der Waals surface area contributed by atoms with E-state index in [9.17, 15) is 39.0 Å². The lowest BCUT2D eigenvalue weighted by molar-refractivity contribution is -0.121. The van der Waals surface area contributed by atoms with E-state index in [0.29, 0.717) is 46.0 Å². The maximum Gasteiger partial charge on any atom is 0.410 e. The molecule has 10 aliphatic rings. The van der Waals surface area contributed by atoms with E-state index in [1.54, 1.807) is 39.4 Å². The zero-order valence-corrected chi connectivity index (χ0v) is 65.0. The number of epoxide rings is 1. The standard InChI is InChI=1S/C22H23NO5.C22H21NO5.C15H19NO5.C15H19NO4.C14H17NO4/c2*1-26-19-10-23(20-18(24)12-27-21(19)20)22(25)28-11-17-15-8-4-2-6-13(15)14-7-3-5-9-16(14)17;1-18-11(13-14-12(21-14)9-19-13)7-16-15(17)20-8-10-5-3-2-4-6-10;1-18-14(13-8-5-9-19-13)10-16-15(17)20-11-12-6-3-2-4-7-12;16-12(13-7-4-8-18-13)9-15-14(17)19-10-11-5-2-1-3-6-11/h2-9,17-21,24H,10-12H2,1H3;2-9,17,19-21H,10-12H2,1H3;2-6,11-14H,7-9H2,1H3,(H,16,17);2-8,13-14H,9-11H2,1H3,(H,16,17);1-7,12-13,16H,8-10H2,(H,15,17)/t18-,19-,20+,21+;19-,20+,21+;11-,12-,13+,14-;13-,14-;12-,13+/m00001/s1. The molecule has 0 spiro atoms. The minimum absolute atomic E-state index is 0.0106. The Morgan fingerprint density at radius 3 is 1.32 bits per heavy atom. The van der Waals surface area contributed by atoms with Crippen LogP contribution >= 0.6 is 0 Å². The van der Waals surface area contributed by atoms with Gasteiger partial charge in [0.25, 0.3) is 0 Å². The Morgan fingerprint density at radius 1 is 0.466 bits per heavy atom. The number of carbonyl (C=O) groups is 6. The second kappa shape index (κ2) is 40.9. The molecule has 7 aromatic carbocycles. The van der Waals surface area contributed by atoms with E-state index < -0.39 is 60.9 Å². The van der Waals surface area contributed by atoms with Crippen molar-refractivity contribution >= 4 is 36.2 Å². The fourth-order valence-corrected chi connectivity index (χ4v) is 15.7. The first-order valence-corrected chi connectivity index (χ1v) is 38.8. The van der Waals surface area contributed by atoms with Gasteiger partial charge in [-0.3, -0.25) is 14.6 Å². The Balaban J connectivity index is 0.000000127. The number of hydrogen-bond donors (Lipinski definition) is 5. The minimum atomic E-state index is -0.761. The highest BCUT2D eigenvalue weighted by atomic mass is 16.7. The molecule has 5 N–H and O–H groups in total. The van der Waals surface area contributed by atoms with Gasteiger partial charge >= 0.3 is 30.5 Å². The van der Waals surface area contributed by atoms with Gasteiger partial charge in [-0.25, -0.2) is 24.0 Å². The average Bonchev–Trinajstić information content (AvgIpc) is 1.63. The normalized spacial score (nSPS) is 24.3. The summed E-state index contributed by atoms with van der Waals surface area (Å²) in [4.78, 5) is 75.6. The largest absolute Gasteiger partial charge is 0.448 e. The molecule has 2 aliphatic carbocycles. The molecule has 15 atom stereocenters. The quantitative estimate of drug-likeness (QED) is 0.0226. The number of aliphatic hydroxyl groups excluding tert-OH is 2. The predicted octanol–water partition coefficient (Wildman–Crippen LogP) is 9.20. The van der Waals surface area contributed by atoms with E-state index in [1.165, 1.54) is 38.3 Å². The Labute approximate surface area is 673 Å². The molecule has 6 fully saturated rings. The van der Waals surface area contributed by atoms with Gasteiger partial charge in [-0.2, -0.15) is 0 Å². The van der Waals surface area contributed by atoms with Crippen LogP contribution in [0.4, 0.5) is 24.0 Å². The number of alkyl carbamates (subject to hydrolysis) is 3. The molecule has 0 unspecified atom stereocenters. The number of likely N-dealkylation sites (tertiary alicyclic amines) is 2. The summed E-state index contributed by atoms with van der Waals surface area (Å²) >= 11 is 0. The van der Waals surface area contributed by atoms with Crippen molar-refractivity contribution in [2.45, 2.75) is 123 Å². The maximum atomic E-state index is 12.9. The van der Waals surface area contributed by atoms with Crippen molar-refractivity contribution in [2.75, 3.05) is 107 Å². The first-order chi connectivity index (χ1) is 56.7. The van der Waals surface area contributed by atoms with Gasteiger partial charge in [-0.1, -0.05) is 212 Å². The zero-order valence-electron chi connectivity index (χ0n) is 65.0. The number of fused-ring (bicyclic) bond motifs is 9. The van der Waals surface area contributed by atoms with Crippen LogP contribution in [0.25, 0.3) is 22.3 Å². The average molecular weight is 1590 g/mol. The molecule has 8 heterocycles. The fraction of sp³-hybridized carbons (Fsp3) is 0.409. The van der Waals surface area contributed by atoms with E-state index in [2.05, 4.69) is 64.5 Å². The molecule has 614 valence electrons. The molecule has 0 saturated carbocycles. The molecule has 116 heavy (non-hydrogen) atoms. The second-order valence-corrected chi connectivity index (χ2v) is 28.8. The number of rotatable bonds is 23. The predicted molar refractivity (Wildman–Crippen MR) is 421 cm³/mol. The van der Waals surface area contributed by atoms with Gasteiger partial charge in [0.2, 0.25) is 0 Å². The summed E-state index contributed by atoms with van der Waals surface area (Å²) in [5.74, 6) is -0.0979. The number of ether oxygens (including phenoxy) is 15. The third-order valence-electron chi connectivity index (χ3n) is 21.7. The number of nitrogens with one attached hydrogen (secondary N) is 3. The SMILES string of the molecule is CO[C@@H](CNC(=O)OCc1ccccc1)[C@@H]1C=CCO1.CO[C@@H](CNC(=O)OCc1ccccc1)[C@H]1OC[C@@H]2O[C@H]12.CO[C@H]1CN(C(=O)OCC2c3ccccc3-c3ccccc32)[C@@H]2C(=O)CO[C@H]12.CO[C@H]1CN(C(=O)OCC2c3ccccc3-c3ccccc32)[C@H]2[C@@H]1OC[C@@H]2O.O=C(NC[C@@H](O)[C@@H]1C=CCO1)OCc1ccccc1. The van der Waals surface area contributed by atoms with Crippen LogP contribution in [-0.4, -0.2) is 255 Å². The summed E-state index contributed by atoms with van der Waals surface area (Å²) in [5, 5.41) is 27.9. The van der Waals surface area contributed by atoms with Gasteiger partial charge in [0, 0.05) is 59.9 Å². The van der Waals surface area contributed by atoms with Crippen LogP contribution in [0.2, 0.25) is 0 Å². The van der Waals surface area contributed by atoms with Crippen molar-refractivity contribution in [1.29, 1.82) is 0 Å². The number of carbonyl (C=O) groups excluding carboxylic acids is 6. The van der Waals surface area contributed by atoms with Crippen LogP contribution in [0.15, 0.2) is 212 Å². The van der Waals surface area contributed by atoms with Crippen LogP contribution in [0.1, 0.15) is 50.8 Å². The summed E-state index contributed by atoms with van der Waals surface area (Å²) in [6.07, 6.45) is 1.63. The number of ketones is 1. The lowest BCUT2D eigenvalue weighted by Crippen LogP contribution is -2.44. The van der Waals surface area contributed by atoms with Gasteiger partial charge in [-0.15, -0.1) is 0 Å². The maximum absolute atomic E-state index is 12.9. The van der Waals surface area contributed by atoms with Gasteiger partial charge in [0.15, 0.2) is 5.78 Å². The Bertz CT molecular complexity index is 4380. The number of nitrogens with zero attached hydrogens (tertiary/aromatic N) is 2. The van der Waals surface area contributed by atoms with E-state index in [1.807, 2.05) is 158 Å². The fourth-order valence-electron chi connectivity index (χ4n) is 15.7. The van der Waals surface area contributed by atoms with Crippen LogP contribution in [-0.2, 0) is 95.7 Å². The zero-order chi connectivity index (χ0) is 80.9. The number of hydrogen-bond acceptors (Lipinski definition) is 23. The van der Waals surface area contributed by atoms with Crippen molar-refractivity contribution in [1.82, 2.24) is 25.8 Å². The Kier molecular flexibility index (Phi) is 29.5. The first-order valence-electron chi connectivity index (χ1n) is 38.8. The molecule has 6 saturated heterocycles. The van der Waals surface area contributed by atoms with Crippen molar-refractivity contribution in [2.24, 2.45) is 0 Å². The molecule has 28 nitrogen and oxygen atoms in total. The molecule has 17 rings (SSSR count). The van der Waals surface area contributed by atoms with E-state index in [-0.39, 0.29) is 131 Å². The van der Waals surface area contributed by atoms with Crippen LogP contribution in [0.5, 0.6) is 0 Å². The number of benzene rings is 7. The highest BCUT2D eigenvalue weighted by molar-refractivity contribution is 5.91. The Hall–Kier alpha value is -10.4. The summed E-state index contributed by atoms with van der Waals surface area (Å²) in [6.45, 7) is 4.56. The van der Waals surface area contributed by atoms with Gasteiger partial charge in [0.05, 0.1) is 45.6 Å². The van der Waals surface area contributed by atoms with E-state index >= 15 is 0 Å². The molecular weight excluding hydrogens is 1490 g/mol. The van der Waals surface area contributed by atoms with Crippen LogP contribution in [0, 0.1) is 0 Å². The highest BCUT2D eigenvalue weighted by Gasteiger charge is 2.56. The van der Waals surface area contributed by atoms with E-state index in [4.69, 9.17) is 71.1 Å². The molecule has 0 bridgehead atoms. The third-order valence-corrected chi connectivity index (χ3v) is 21.7. The molecule has 28 heteroatoms. The lowest BCUT2D eigenvalue weighted by atomic mass is 9.98. The second-order valence-electron chi connectivity index (χ2n) is 28.8.